The molecule has 0 saturated heterocycles. The summed E-state index contributed by atoms with van der Waals surface area (Å²) in [6, 6.07) is 7.93. The van der Waals surface area contributed by atoms with Crippen LogP contribution in [0.5, 0.6) is 0 Å². The Labute approximate surface area is 244 Å². The van der Waals surface area contributed by atoms with E-state index in [1.54, 1.807) is 13.8 Å². The van der Waals surface area contributed by atoms with Crippen LogP contribution in [0.3, 0.4) is 0 Å². The zero-order valence-electron chi connectivity index (χ0n) is 23.3. The molecule has 1 N–H and O–H groups in total. The maximum absolute atomic E-state index is 13.8. The third kappa shape index (κ3) is 5.67. The van der Waals surface area contributed by atoms with Crippen LogP contribution in [0, 0.1) is 11.2 Å². The van der Waals surface area contributed by atoms with Gasteiger partial charge in [-0.2, -0.15) is 30.6 Å². The Morgan fingerprint density at radius 1 is 1.00 bits per heavy atom. The highest BCUT2D eigenvalue weighted by molar-refractivity contribution is 7.89. The molecule has 234 valence electrons. The van der Waals surface area contributed by atoms with Gasteiger partial charge in [0.15, 0.2) is 5.78 Å². The van der Waals surface area contributed by atoms with Gasteiger partial charge in [0.05, 0.1) is 16.5 Å². The fraction of sp³-hybridized carbons (Fsp3) is 0.517. The molecule has 1 heterocycles. The number of ketones is 1. The quantitative estimate of drug-likeness (QED) is 0.307. The monoisotopic (exact) mass is 633 g/mol. The maximum Gasteiger partial charge on any atom is 0.416 e. The van der Waals surface area contributed by atoms with E-state index in [1.807, 2.05) is 0 Å². The largest absolute Gasteiger partial charge is 0.416 e. The van der Waals surface area contributed by atoms with Gasteiger partial charge in [-0.25, -0.2) is 12.8 Å². The van der Waals surface area contributed by atoms with Crippen LogP contribution in [-0.2, 0) is 27.5 Å². The van der Waals surface area contributed by atoms with Gasteiger partial charge in [0, 0.05) is 30.3 Å². The number of benzene rings is 2. The number of nitrogens with zero attached hydrogens (tertiary/aromatic N) is 2. The summed E-state index contributed by atoms with van der Waals surface area (Å²) in [6.07, 6.45) is -9.65. The number of carbonyl (C=O) groups is 1. The molecule has 0 aromatic heterocycles. The van der Waals surface area contributed by atoms with Crippen molar-refractivity contribution in [3.8, 4) is 0 Å². The first-order chi connectivity index (χ1) is 19.8. The molecular weight excluding hydrogens is 603 g/mol. The lowest BCUT2D eigenvalue weighted by atomic mass is 9.38. The molecule has 2 aromatic rings. The molecule has 4 aliphatic rings. The molecule has 3 aliphatic carbocycles. The lowest BCUT2D eigenvalue weighted by Crippen LogP contribution is -2.79. The van der Waals surface area contributed by atoms with Crippen LogP contribution in [0.1, 0.15) is 63.5 Å². The smallest absolute Gasteiger partial charge is 0.359 e. The molecule has 2 atom stereocenters. The number of amidine groups is 1. The van der Waals surface area contributed by atoms with Gasteiger partial charge in [0.25, 0.3) is 0 Å². The van der Waals surface area contributed by atoms with Gasteiger partial charge >= 0.3 is 12.4 Å². The van der Waals surface area contributed by atoms with E-state index < -0.39 is 68.5 Å². The number of halogens is 7. The molecule has 3 saturated carbocycles. The van der Waals surface area contributed by atoms with E-state index in [0.29, 0.717) is 30.7 Å². The summed E-state index contributed by atoms with van der Waals surface area (Å²) >= 11 is 0. The SMILES string of the molecule is CC1N=C(C23CC(N(Cc4ccc(C(F)(F)F)cc4)S(=O)(=O)c4ccc(F)cc4)(C2)C3)N[C@@]1(C)C(=O)CCCC(F)(F)F. The van der Waals surface area contributed by atoms with E-state index in [4.69, 9.17) is 0 Å². The van der Waals surface area contributed by atoms with Crippen molar-refractivity contribution in [3.63, 3.8) is 0 Å². The van der Waals surface area contributed by atoms with E-state index in [-0.39, 0.29) is 24.3 Å². The number of sulfonamides is 1. The third-order valence-corrected chi connectivity index (χ3v) is 11.0. The van der Waals surface area contributed by atoms with E-state index >= 15 is 0 Å². The number of aliphatic imine (C=N–C) groups is 1. The minimum absolute atomic E-state index is 0.165. The zero-order chi connectivity index (χ0) is 31.6. The van der Waals surface area contributed by atoms with Gasteiger partial charge < -0.3 is 5.32 Å². The van der Waals surface area contributed by atoms with Crippen molar-refractivity contribution in [3.05, 3.63) is 65.5 Å². The second-order valence-corrected chi connectivity index (χ2v) is 13.9. The molecule has 2 bridgehead atoms. The molecule has 3 fully saturated rings. The minimum Gasteiger partial charge on any atom is -0.359 e. The van der Waals surface area contributed by atoms with Gasteiger partial charge in [-0.1, -0.05) is 12.1 Å². The summed E-state index contributed by atoms with van der Waals surface area (Å²) in [5.74, 6) is -0.525. The van der Waals surface area contributed by atoms with Gasteiger partial charge in [0.2, 0.25) is 10.0 Å². The summed E-state index contributed by atoms with van der Waals surface area (Å²) in [5.41, 5.74) is -3.21. The Kier molecular flexibility index (Phi) is 7.52. The fourth-order valence-electron chi connectivity index (χ4n) is 6.44. The van der Waals surface area contributed by atoms with Crippen LogP contribution in [0.25, 0.3) is 0 Å². The number of nitrogens with one attached hydrogen (secondary N) is 1. The molecule has 1 unspecified atom stereocenters. The van der Waals surface area contributed by atoms with Gasteiger partial charge in [-0.3, -0.25) is 9.79 Å². The number of Topliss-reactive ketones (excluding diaryl/α,β-unsaturated/α-hetero) is 1. The number of hydrogen-bond acceptors (Lipinski definition) is 5. The van der Waals surface area contributed by atoms with Crippen LogP contribution in [0.15, 0.2) is 58.4 Å². The number of rotatable bonds is 10. The second-order valence-electron chi connectivity index (χ2n) is 12.1. The highest BCUT2D eigenvalue weighted by Crippen LogP contribution is 2.71. The first-order valence-electron chi connectivity index (χ1n) is 13.7. The van der Waals surface area contributed by atoms with Crippen molar-refractivity contribution >= 4 is 21.6 Å². The van der Waals surface area contributed by atoms with Crippen molar-refractivity contribution in [2.75, 3.05) is 0 Å². The first-order valence-corrected chi connectivity index (χ1v) is 15.1. The molecule has 0 amide bonds. The predicted molar refractivity (Wildman–Crippen MR) is 143 cm³/mol. The van der Waals surface area contributed by atoms with Crippen molar-refractivity contribution in [1.82, 2.24) is 9.62 Å². The molecule has 0 spiro atoms. The fourth-order valence-corrected chi connectivity index (χ4v) is 8.20. The van der Waals surface area contributed by atoms with E-state index in [1.165, 1.54) is 16.4 Å². The third-order valence-electron chi connectivity index (χ3n) is 9.02. The highest BCUT2D eigenvalue weighted by Gasteiger charge is 2.75. The van der Waals surface area contributed by atoms with Crippen molar-refractivity contribution in [2.24, 2.45) is 10.4 Å². The zero-order valence-corrected chi connectivity index (χ0v) is 24.1. The molecule has 2 aromatic carbocycles. The van der Waals surface area contributed by atoms with Crippen LogP contribution < -0.4 is 5.32 Å². The van der Waals surface area contributed by atoms with Crippen molar-refractivity contribution < 1.29 is 43.9 Å². The topological polar surface area (TPSA) is 78.8 Å². The Balaban J connectivity index is 1.35. The molecule has 6 nitrogen and oxygen atoms in total. The lowest BCUT2D eigenvalue weighted by Gasteiger charge is -2.73. The van der Waals surface area contributed by atoms with Gasteiger partial charge in [0.1, 0.15) is 17.2 Å². The number of carbonyl (C=O) groups excluding carboxylic acids is 1. The minimum atomic E-state index is -4.56. The van der Waals surface area contributed by atoms with Crippen molar-refractivity contribution in [2.45, 2.75) is 93.3 Å². The van der Waals surface area contributed by atoms with Crippen LogP contribution in [-0.4, -0.2) is 47.6 Å². The normalized spacial score (nSPS) is 28.6. The van der Waals surface area contributed by atoms with Crippen LogP contribution in [0.4, 0.5) is 30.7 Å². The summed E-state index contributed by atoms with van der Waals surface area (Å²) in [4.78, 5) is 17.4. The van der Waals surface area contributed by atoms with E-state index in [9.17, 15) is 43.9 Å². The highest BCUT2D eigenvalue weighted by atomic mass is 32.2. The van der Waals surface area contributed by atoms with Gasteiger partial charge in [-0.05, 0) is 81.5 Å². The Morgan fingerprint density at radius 3 is 2.12 bits per heavy atom. The van der Waals surface area contributed by atoms with Crippen LogP contribution in [0.2, 0.25) is 0 Å². The standard InChI is InChI=1S/C29H30F7N3O3S/c1-18-25(2,23(40)4-3-13-28(31,32)33)38-24(37-18)26-15-27(16-26,17-26)39(43(41,42)22-11-9-21(30)10-12-22)14-19-5-7-20(8-6-19)29(34,35)36/h5-12,18H,3-4,13-17H2,1-2H3,(H,37,38)/t18?,25-,26?,27?/m1/s1. The Hall–Kier alpha value is -3.00. The summed E-state index contributed by atoms with van der Waals surface area (Å²) in [7, 11) is -4.22. The lowest BCUT2D eigenvalue weighted by molar-refractivity contribution is -0.151. The molecule has 0 radical (unpaired) electrons. The van der Waals surface area contributed by atoms with E-state index in [0.717, 1.165) is 36.4 Å². The average Bonchev–Trinajstić information content (AvgIpc) is 3.16. The Morgan fingerprint density at radius 2 is 1.58 bits per heavy atom. The van der Waals surface area contributed by atoms with Crippen molar-refractivity contribution in [1.29, 1.82) is 0 Å². The summed E-state index contributed by atoms with van der Waals surface area (Å²) in [6.45, 7) is 3.07. The average molecular weight is 634 g/mol. The summed E-state index contributed by atoms with van der Waals surface area (Å²) < 4.78 is 120. The molecule has 6 rings (SSSR count). The maximum atomic E-state index is 13.8. The second kappa shape index (κ2) is 10.3. The van der Waals surface area contributed by atoms with Crippen LogP contribution >= 0.6 is 0 Å². The first kappa shape index (κ1) is 31.4. The Bertz CT molecular complexity index is 1520. The van der Waals surface area contributed by atoms with Gasteiger partial charge in [-0.15, -0.1) is 0 Å². The molecule has 14 heteroatoms. The number of alkyl halides is 6. The molecular formula is C29H30F7N3O3S. The predicted octanol–water partition coefficient (Wildman–Crippen LogP) is 6.41. The summed E-state index contributed by atoms with van der Waals surface area (Å²) in [5, 5.41) is 3.15. The molecule has 1 aliphatic heterocycles. The molecule has 43 heavy (non-hydrogen) atoms. The van der Waals surface area contributed by atoms with E-state index in [2.05, 4.69) is 10.3 Å². The number of hydrogen-bond donors (Lipinski definition) is 1.